The summed E-state index contributed by atoms with van der Waals surface area (Å²) in [6.07, 6.45) is 0.507. The fourth-order valence-corrected chi connectivity index (χ4v) is 2.08. The van der Waals surface area contributed by atoms with Crippen LogP contribution >= 0.6 is 0 Å². The van der Waals surface area contributed by atoms with Gasteiger partial charge in [0, 0.05) is 13.1 Å². The molecule has 1 aromatic rings. The first-order valence-electron chi connectivity index (χ1n) is 6.06. The van der Waals surface area contributed by atoms with Crippen molar-refractivity contribution in [3.63, 3.8) is 0 Å². The van der Waals surface area contributed by atoms with Crippen LogP contribution in [0.1, 0.15) is 32.8 Å². The fraction of sp³-hybridized carbons (Fsp3) is 0.571. The maximum atomic E-state index is 9.38. The van der Waals surface area contributed by atoms with Gasteiger partial charge in [-0.3, -0.25) is 0 Å². The molecule has 0 radical (unpaired) electrons. The molecular formula is C14H23NO2. The smallest absolute Gasteiger partial charge is 0.115 e. The van der Waals surface area contributed by atoms with Gasteiger partial charge in [0.2, 0.25) is 0 Å². The number of nitrogens with one attached hydrogen (secondary N) is 1. The van der Waals surface area contributed by atoms with Crippen LogP contribution in [0.15, 0.2) is 24.3 Å². The Labute approximate surface area is 103 Å². The second kappa shape index (κ2) is 6.03. The molecular weight excluding hydrogens is 214 g/mol. The quantitative estimate of drug-likeness (QED) is 0.711. The van der Waals surface area contributed by atoms with Crippen LogP contribution in [0.5, 0.6) is 5.75 Å². The SMILES string of the molecule is CC(O)CC(C)(C)CNCc1cccc(O)c1. The Morgan fingerprint density at radius 3 is 2.65 bits per heavy atom. The largest absolute Gasteiger partial charge is 0.508 e. The van der Waals surface area contributed by atoms with Crippen LogP contribution in [0.3, 0.4) is 0 Å². The topological polar surface area (TPSA) is 52.5 Å². The Balaban J connectivity index is 2.37. The lowest BCUT2D eigenvalue weighted by Crippen LogP contribution is -2.31. The molecule has 0 heterocycles. The van der Waals surface area contributed by atoms with E-state index in [9.17, 15) is 10.2 Å². The minimum atomic E-state index is -0.271. The minimum absolute atomic E-state index is 0.0744. The highest BCUT2D eigenvalue weighted by Crippen LogP contribution is 2.21. The van der Waals surface area contributed by atoms with Crippen molar-refractivity contribution in [2.45, 2.75) is 39.8 Å². The molecule has 0 bridgehead atoms. The van der Waals surface area contributed by atoms with Gasteiger partial charge in [-0.15, -0.1) is 0 Å². The molecule has 0 amide bonds. The van der Waals surface area contributed by atoms with Gasteiger partial charge in [-0.05, 0) is 36.5 Å². The summed E-state index contributed by atoms with van der Waals surface area (Å²) in [4.78, 5) is 0. The van der Waals surface area contributed by atoms with Gasteiger partial charge >= 0.3 is 0 Å². The normalized spacial score (nSPS) is 13.6. The maximum Gasteiger partial charge on any atom is 0.115 e. The Kier molecular flexibility index (Phi) is 4.97. The summed E-state index contributed by atoms with van der Waals surface area (Å²) in [5.74, 6) is 0.299. The number of hydrogen-bond acceptors (Lipinski definition) is 3. The number of aliphatic hydroxyl groups is 1. The summed E-state index contributed by atoms with van der Waals surface area (Å²) < 4.78 is 0. The highest BCUT2D eigenvalue weighted by Gasteiger charge is 2.19. The van der Waals surface area contributed by atoms with Gasteiger partial charge in [-0.25, -0.2) is 0 Å². The highest BCUT2D eigenvalue weighted by molar-refractivity contribution is 5.26. The van der Waals surface area contributed by atoms with E-state index in [1.165, 1.54) is 0 Å². The molecule has 0 aromatic heterocycles. The van der Waals surface area contributed by atoms with Crippen LogP contribution < -0.4 is 5.32 Å². The van der Waals surface area contributed by atoms with E-state index < -0.39 is 0 Å². The maximum absolute atomic E-state index is 9.38. The molecule has 0 spiro atoms. The number of rotatable bonds is 6. The zero-order valence-electron chi connectivity index (χ0n) is 10.9. The summed E-state index contributed by atoms with van der Waals surface area (Å²) in [5.41, 5.74) is 1.14. The molecule has 3 heteroatoms. The van der Waals surface area contributed by atoms with Crippen molar-refractivity contribution < 1.29 is 10.2 Å². The first-order chi connectivity index (χ1) is 7.89. The lowest BCUT2D eigenvalue weighted by Gasteiger charge is -2.26. The zero-order chi connectivity index (χ0) is 12.9. The summed E-state index contributed by atoms with van der Waals surface area (Å²) in [5, 5.41) is 22.1. The number of phenolic OH excluding ortho intramolecular Hbond substituents is 1. The molecule has 0 saturated carbocycles. The van der Waals surface area contributed by atoms with E-state index in [-0.39, 0.29) is 11.5 Å². The van der Waals surface area contributed by atoms with Crippen molar-refractivity contribution >= 4 is 0 Å². The highest BCUT2D eigenvalue weighted by atomic mass is 16.3. The molecule has 17 heavy (non-hydrogen) atoms. The lowest BCUT2D eigenvalue weighted by atomic mass is 9.87. The molecule has 0 aliphatic heterocycles. The van der Waals surface area contributed by atoms with Crippen molar-refractivity contribution in [2.24, 2.45) is 5.41 Å². The number of benzene rings is 1. The van der Waals surface area contributed by atoms with E-state index in [0.29, 0.717) is 5.75 Å². The molecule has 1 atom stereocenters. The monoisotopic (exact) mass is 237 g/mol. The van der Waals surface area contributed by atoms with Gasteiger partial charge in [0.05, 0.1) is 6.10 Å². The minimum Gasteiger partial charge on any atom is -0.508 e. The predicted molar refractivity (Wildman–Crippen MR) is 69.9 cm³/mol. The van der Waals surface area contributed by atoms with Crippen molar-refractivity contribution in [3.05, 3.63) is 29.8 Å². The Bertz CT molecular complexity index is 348. The third-order valence-electron chi connectivity index (χ3n) is 2.69. The van der Waals surface area contributed by atoms with Gasteiger partial charge in [0.25, 0.3) is 0 Å². The second-order valence-corrected chi connectivity index (χ2v) is 5.49. The van der Waals surface area contributed by atoms with E-state index in [0.717, 1.165) is 25.1 Å². The van der Waals surface area contributed by atoms with Crippen LogP contribution in [0.2, 0.25) is 0 Å². The van der Waals surface area contributed by atoms with E-state index >= 15 is 0 Å². The molecule has 0 aliphatic carbocycles. The van der Waals surface area contributed by atoms with Crippen LogP contribution in [0.4, 0.5) is 0 Å². The van der Waals surface area contributed by atoms with Crippen molar-refractivity contribution in [1.82, 2.24) is 5.32 Å². The zero-order valence-corrected chi connectivity index (χ0v) is 10.9. The summed E-state index contributed by atoms with van der Waals surface area (Å²) in [6, 6.07) is 7.25. The summed E-state index contributed by atoms with van der Waals surface area (Å²) in [6.45, 7) is 7.66. The molecule has 3 nitrogen and oxygen atoms in total. The molecule has 0 fully saturated rings. The average molecular weight is 237 g/mol. The molecule has 1 unspecified atom stereocenters. The molecule has 3 N–H and O–H groups in total. The fourth-order valence-electron chi connectivity index (χ4n) is 2.08. The van der Waals surface area contributed by atoms with E-state index in [4.69, 9.17) is 0 Å². The van der Waals surface area contributed by atoms with Crippen molar-refractivity contribution in [2.75, 3.05) is 6.54 Å². The second-order valence-electron chi connectivity index (χ2n) is 5.49. The van der Waals surface area contributed by atoms with E-state index in [1.807, 2.05) is 19.1 Å². The lowest BCUT2D eigenvalue weighted by molar-refractivity contribution is 0.128. The molecule has 0 aliphatic rings. The molecule has 0 saturated heterocycles. The molecule has 1 rings (SSSR count). The van der Waals surface area contributed by atoms with E-state index in [2.05, 4.69) is 19.2 Å². The van der Waals surface area contributed by atoms with Gasteiger partial charge in [0.1, 0.15) is 5.75 Å². The predicted octanol–water partition coefficient (Wildman–Crippen LogP) is 2.28. The van der Waals surface area contributed by atoms with Gasteiger partial charge in [0.15, 0.2) is 0 Å². The average Bonchev–Trinajstić information content (AvgIpc) is 2.15. The first-order valence-corrected chi connectivity index (χ1v) is 6.06. The van der Waals surface area contributed by atoms with Gasteiger partial charge in [-0.1, -0.05) is 26.0 Å². The van der Waals surface area contributed by atoms with Crippen LogP contribution in [0, 0.1) is 5.41 Å². The number of aromatic hydroxyl groups is 1. The van der Waals surface area contributed by atoms with Gasteiger partial charge in [-0.2, -0.15) is 0 Å². The summed E-state index contributed by atoms with van der Waals surface area (Å²) >= 11 is 0. The van der Waals surface area contributed by atoms with E-state index in [1.54, 1.807) is 12.1 Å². The molecule has 96 valence electrons. The third kappa shape index (κ3) is 5.71. The summed E-state index contributed by atoms with van der Waals surface area (Å²) in [7, 11) is 0. The Hall–Kier alpha value is -1.06. The Morgan fingerprint density at radius 1 is 1.35 bits per heavy atom. The van der Waals surface area contributed by atoms with Crippen LogP contribution in [-0.2, 0) is 6.54 Å². The van der Waals surface area contributed by atoms with Crippen molar-refractivity contribution in [3.8, 4) is 5.75 Å². The number of hydrogen-bond donors (Lipinski definition) is 3. The Morgan fingerprint density at radius 2 is 2.06 bits per heavy atom. The molecule has 1 aromatic carbocycles. The first kappa shape index (κ1) is 14.0. The number of aliphatic hydroxyl groups excluding tert-OH is 1. The standard InChI is InChI=1S/C14H23NO2/c1-11(16)8-14(2,3)10-15-9-12-5-4-6-13(17)7-12/h4-7,11,15-17H,8-10H2,1-3H3. The number of phenols is 1. The van der Waals surface area contributed by atoms with Crippen LogP contribution in [-0.4, -0.2) is 22.9 Å². The van der Waals surface area contributed by atoms with Crippen molar-refractivity contribution in [1.29, 1.82) is 0 Å². The van der Waals surface area contributed by atoms with Crippen LogP contribution in [0.25, 0.3) is 0 Å². The third-order valence-corrected chi connectivity index (χ3v) is 2.69. The van der Waals surface area contributed by atoms with Gasteiger partial charge < -0.3 is 15.5 Å².